The van der Waals surface area contributed by atoms with Crippen molar-refractivity contribution in [1.29, 1.82) is 0 Å². The summed E-state index contributed by atoms with van der Waals surface area (Å²) in [6, 6.07) is 6.86. The molecule has 3 rings (SSSR count). The molecule has 1 aromatic carbocycles. The number of nitrogens with one attached hydrogen (secondary N) is 2. The van der Waals surface area contributed by atoms with Gasteiger partial charge in [0, 0.05) is 31.0 Å². The highest BCUT2D eigenvalue weighted by atomic mass is 19.1. The fourth-order valence-electron chi connectivity index (χ4n) is 3.74. The Morgan fingerprint density at radius 2 is 2.04 bits per heavy atom. The van der Waals surface area contributed by atoms with Crippen LogP contribution < -0.4 is 10.6 Å². The zero-order valence-corrected chi connectivity index (χ0v) is 13.4. The molecule has 1 aliphatic carbocycles. The predicted octanol–water partition coefficient (Wildman–Crippen LogP) is 2.13. The molecule has 0 bridgehead atoms. The van der Waals surface area contributed by atoms with E-state index in [9.17, 15) is 9.18 Å². The lowest BCUT2D eigenvalue weighted by atomic mass is 9.78. The molecule has 5 heteroatoms. The summed E-state index contributed by atoms with van der Waals surface area (Å²) in [6.07, 6.45) is 4.85. The molecule has 4 nitrogen and oxygen atoms in total. The summed E-state index contributed by atoms with van der Waals surface area (Å²) >= 11 is 0. The highest BCUT2D eigenvalue weighted by Crippen LogP contribution is 2.40. The van der Waals surface area contributed by atoms with Crippen LogP contribution in [-0.2, 0) is 14.9 Å². The van der Waals surface area contributed by atoms with E-state index in [0.717, 1.165) is 37.8 Å². The topological polar surface area (TPSA) is 50.4 Å². The van der Waals surface area contributed by atoms with Crippen molar-refractivity contribution in [1.82, 2.24) is 10.6 Å². The Kier molecular flexibility index (Phi) is 5.28. The number of ether oxygens (including phenoxy) is 1. The van der Waals surface area contributed by atoms with E-state index in [-0.39, 0.29) is 23.2 Å². The summed E-state index contributed by atoms with van der Waals surface area (Å²) in [7, 11) is 0. The smallest absolute Gasteiger partial charge is 0.221 e. The third-order valence-electron chi connectivity index (χ3n) is 5.07. The van der Waals surface area contributed by atoms with Gasteiger partial charge in [0.2, 0.25) is 5.91 Å². The maximum absolute atomic E-state index is 13.2. The van der Waals surface area contributed by atoms with Gasteiger partial charge >= 0.3 is 0 Å². The first-order valence-corrected chi connectivity index (χ1v) is 8.52. The van der Waals surface area contributed by atoms with Crippen LogP contribution in [0.15, 0.2) is 24.3 Å². The van der Waals surface area contributed by atoms with E-state index >= 15 is 0 Å². The molecule has 1 heterocycles. The van der Waals surface area contributed by atoms with Gasteiger partial charge in [-0.3, -0.25) is 4.79 Å². The lowest BCUT2D eigenvalue weighted by Crippen LogP contribution is -2.46. The molecule has 1 saturated heterocycles. The molecule has 2 fully saturated rings. The first-order valence-electron chi connectivity index (χ1n) is 8.52. The molecule has 23 heavy (non-hydrogen) atoms. The summed E-state index contributed by atoms with van der Waals surface area (Å²) in [5.41, 5.74) is 1.09. The van der Waals surface area contributed by atoms with Gasteiger partial charge < -0.3 is 15.4 Å². The number of hydrogen-bond acceptors (Lipinski definition) is 3. The van der Waals surface area contributed by atoms with Gasteiger partial charge in [-0.15, -0.1) is 0 Å². The minimum absolute atomic E-state index is 0.0418. The summed E-state index contributed by atoms with van der Waals surface area (Å²) in [5, 5.41) is 6.40. The standard InChI is InChI=1S/C18H25FN2O2/c19-15-5-3-14(4-6-15)18(7-1-2-8-18)13-21-17(22)11-16-12-23-10-9-20-16/h3-6,16,20H,1-2,7-13H2,(H,21,22). The average molecular weight is 320 g/mol. The van der Waals surface area contributed by atoms with Crippen LogP contribution >= 0.6 is 0 Å². The van der Waals surface area contributed by atoms with Crippen LogP contribution in [0, 0.1) is 5.82 Å². The second kappa shape index (κ2) is 7.41. The SMILES string of the molecule is O=C(CC1COCCN1)NCC1(c2ccc(F)cc2)CCCC1. The summed E-state index contributed by atoms with van der Waals surface area (Å²) in [4.78, 5) is 12.2. The highest BCUT2D eigenvalue weighted by Gasteiger charge is 2.36. The van der Waals surface area contributed by atoms with Crippen LogP contribution in [0.3, 0.4) is 0 Å². The monoisotopic (exact) mass is 320 g/mol. The van der Waals surface area contributed by atoms with Crippen molar-refractivity contribution in [3.05, 3.63) is 35.6 Å². The number of morpholine rings is 1. The lowest BCUT2D eigenvalue weighted by molar-refractivity contribution is -0.122. The summed E-state index contributed by atoms with van der Waals surface area (Å²) < 4.78 is 18.6. The molecule has 1 amide bonds. The van der Waals surface area contributed by atoms with Crippen molar-refractivity contribution in [2.45, 2.75) is 43.6 Å². The Hall–Kier alpha value is -1.46. The van der Waals surface area contributed by atoms with Crippen LogP contribution in [0.4, 0.5) is 4.39 Å². The van der Waals surface area contributed by atoms with Crippen molar-refractivity contribution >= 4 is 5.91 Å². The summed E-state index contributed by atoms with van der Waals surface area (Å²) in [6.45, 7) is 2.74. The number of hydrogen-bond donors (Lipinski definition) is 2. The number of halogens is 1. The number of amides is 1. The Morgan fingerprint density at radius 1 is 1.30 bits per heavy atom. The van der Waals surface area contributed by atoms with Crippen molar-refractivity contribution < 1.29 is 13.9 Å². The van der Waals surface area contributed by atoms with Gasteiger partial charge in [0.25, 0.3) is 0 Å². The third-order valence-corrected chi connectivity index (χ3v) is 5.07. The van der Waals surface area contributed by atoms with Crippen molar-refractivity contribution in [2.24, 2.45) is 0 Å². The Morgan fingerprint density at radius 3 is 2.70 bits per heavy atom. The van der Waals surface area contributed by atoms with Gasteiger partial charge in [-0.2, -0.15) is 0 Å². The fraction of sp³-hybridized carbons (Fsp3) is 0.611. The maximum atomic E-state index is 13.2. The van der Waals surface area contributed by atoms with Crippen LogP contribution in [-0.4, -0.2) is 38.3 Å². The molecule has 0 radical (unpaired) electrons. The van der Waals surface area contributed by atoms with E-state index < -0.39 is 0 Å². The highest BCUT2D eigenvalue weighted by molar-refractivity contribution is 5.76. The molecule has 1 saturated carbocycles. The molecule has 1 aliphatic heterocycles. The second-order valence-electron chi connectivity index (χ2n) is 6.70. The molecule has 0 aromatic heterocycles. The molecular formula is C18H25FN2O2. The van der Waals surface area contributed by atoms with E-state index in [4.69, 9.17) is 4.74 Å². The molecule has 1 unspecified atom stereocenters. The van der Waals surface area contributed by atoms with Crippen molar-refractivity contribution in [3.8, 4) is 0 Å². The minimum atomic E-state index is -0.214. The van der Waals surface area contributed by atoms with E-state index in [1.165, 1.54) is 12.1 Å². The van der Waals surface area contributed by atoms with E-state index in [2.05, 4.69) is 10.6 Å². The van der Waals surface area contributed by atoms with Crippen LogP contribution in [0.25, 0.3) is 0 Å². The van der Waals surface area contributed by atoms with E-state index in [0.29, 0.717) is 26.2 Å². The molecule has 2 aliphatic rings. The van der Waals surface area contributed by atoms with Crippen LogP contribution in [0.2, 0.25) is 0 Å². The molecule has 0 spiro atoms. The van der Waals surface area contributed by atoms with Crippen LogP contribution in [0.1, 0.15) is 37.7 Å². The average Bonchev–Trinajstić information content (AvgIpc) is 3.05. The van der Waals surface area contributed by atoms with Gasteiger partial charge in [0.15, 0.2) is 0 Å². The number of carbonyl (C=O) groups is 1. The zero-order chi connectivity index (χ0) is 16.1. The Bertz CT molecular complexity index is 520. The van der Waals surface area contributed by atoms with Gasteiger partial charge in [0.1, 0.15) is 5.82 Å². The van der Waals surface area contributed by atoms with Gasteiger partial charge in [-0.25, -0.2) is 4.39 Å². The molecule has 126 valence electrons. The largest absolute Gasteiger partial charge is 0.378 e. The molecule has 1 aromatic rings. The molecule has 2 N–H and O–H groups in total. The Labute approximate surface area is 136 Å². The summed E-state index contributed by atoms with van der Waals surface area (Å²) in [5.74, 6) is -0.157. The minimum Gasteiger partial charge on any atom is -0.378 e. The first kappa shape index (κ1) is 16.4. The maximum Gasteiger partial charge on any atom is 0.221 e. The fourth-order valence-corrected chi connectivity index (χ4v) is 3.74. The first-order chi connectivity index (χ1) is 11.2. The molecular weight excluding hydrogens is 295 g/mol. The quantitative estimate of drug-likeness (QED) is 0.874. The third kappa shape index (κ3) is 4.09. The normalized spacial score (nSPS) is 23.6. The number of benzene rings is 1. The molecule has 1 atom stereocenters. The van der Waals surface area contributed by atoms with Gasteiger partial charge in [0.05, 0.1) is 13.2 Å². The Balaban J connectivity index is 1.59. The van der Waals surface area contributed by atoms with Crippen molar-refractivity contribution in [2.75, 3.05) is 26.3 Å². The van der Waals surface area contributed by atoms with E-state index in [1.54, 1.807) is 0 Å². The van der Waals surface area contributed by atoms with E-state index in [1.807, 2.05) is 12.1 Å². The van der Waals surface area contributed by atoms with Crippen molar-refractivity contribution in [3.63, 3.8) is 0 Å². The van der Waals surface area contributed by atoms with Gasteiger partial charge in [-0.1, -0.05) is 25.0 Å². The number of rotatable bonds is 5. The number of carbonyl (C=O) groups excluding carboxylic acids is 1. The zero-order valence-electron chi connectivity index (χ0n) is 13.4. The lowest BCUT2D eigenvalue weighted by Gasteiger charge is -2.30. The predicted molar refractivity (Wildman–Crippen MR) is 86.8 cm³/mol. The van der Waals surface area contributed by atoms with Gasteiger partial charge in [-0.05, 0) is 30.5 Å². The second-order valence-corrected chi connectivity index (χ2v) is 6.70. The van der Waals surface area contributed by atoms with Crippen LogP contribution in [0.5, 0.6) is 0 Å².